The summed E-state index contributed by atoms with van der Waals surface area (Å²) in [5.74, 6) is 3.67. The van der Waals surface area contributed by atoms with Crippen molar-refractivity contribution in [2.24, 2.45) is 11.8 Å². The zero-order valence-electron chi connectivity index (χ0n) is 29.8. The third-order valence-electron chi connectivity index (χ3n) is 9.61. The first-order valence-corrected chi connectivity index (χ1v) is 18.0. The van der Waals surface area contributed by atoms with E-state index in [-0.39, 0.29) is 12.2 Å². The number of rotatable bonds is 7. The Kier molecular flexibility index (Phi) is 11.6. The summed E-state index contributed by atoms with van der Waals surface area (Å²) in [6.45, 7) is 20.2. The number of hydrogen-bond donors (Lipinski definition) is 1. The van der Waals surface area contributed by atoms with Crippen LogP contribution in [0.2, 0.25) is 0 Å². The van der Waals surface area contributed by atoms with Gasteiger partial charge in [0.25, 0.3) is 0 Å². The van der Waals surface area contributed by atoms with Crippen LogP contribution in [0.1, 0.15) is 86.5 Å². The van der Waals surface area contributed by atoms with Crippen LogP contribution in [0.15, 0.2) is 0 Å². The van der Waals surface area contributed by atoms with Gasteiger partial charge < -0.3 is 39.3 Å². The van der Waals surface area contributed by atoms with Crippen LogP contribution in [0.3, 0.4) is 0 Å². The van der Waals surface area contributed by atoms with Gasteiger partial charge in [0.15, 0.2) is 0 Å². The van der Waals surface area contributed by atoms with Crippen molar-refractivity contribution in [1.82, 2.24) is 30.1 Å². The van der Waals surface area contributed by atoms with Gasteiger partial charge in [0, 0.05) is 65.4 Å². The van der Waals surface area contributed by atoms with Crippen molar-refractivity contribution in [3.8, 4) is 0 Å². The maximum atomic E-state index is 12.7. The molecule has 5 rings (SSSR count). The fourth-order valence-electron chi connectivity index (χ4n) is 6.89. The van der Waals surface area contributed by atoms with Crippen molar-refractivity contribution in [2.75, 3.05) is 93.2 Å². The molecule has 4 aliphatic heterocycles. The highest BCUT2D eigenvalue weighted by molar-refractivity contribution is 5.69. The molecule has 4 saturated heterocycles. The summed E-state index contributed by atoms with van der Waals surface area (Å²) < 4.78 is 11.2. The van der Waals surface area contributed by atoms with Crippen LogP contribution in [-0.4, -0.2) is 127 Å². The van der Waals surface area contributed by atoms with Gasteiger partial charge in [-0.25, -0.2) is 9.59 Å². The highest BCUT2D eigenvalue weighted by Crippen LogP contribution is 2.29. The molecule has 0 aromatic carbocycles. The monoisotopic (exact) mass is 657 g/mol. The van der Waals surface area contributed by atoms with Gasteiger partial charge in [0.2, 0.25) is 17.8 Å². The molecule has 0 radical (unpaired) electrons. The number of anilines is 3. The Morgan fingerprint density at radius 1 is 0.596 bits per heavy atom. The average molecular weight is 658 g/mol. The molecule has 264 valence electrons. The summed E-state index contributed by atoms with van der Waals surface area (Å²) in [6, 6.07) is 0. The summed E-state index contributed by atoms with van der Waals surface area (Å²) in [5, 5.41) is 3.48. The first kappa shape index (κ1) is 35.2. The normalized spacial score (nSPS) is 20.9. The van der Waals surface area contributed by atoms with Gasteiger partial charge in [0.1, 0.15) is 11.2 Å². The van der Waals surface area contributed by atoms with Gasteiger partial charge in [-0.3, -0.25) is 0 Å². The average Bonchev–Trinajstić information content (AvgIpc) is 3.04. The minimum Gasteiger partial charge on any atom is -0.444 e. The number of piperazine rings is 2. The van der Waals surface area contributed by atoms with Crippen molar-refractivity contribution in [1.29, 1.82) is 0 Å². The summed E-state index contributed by atoms with van der Waals surface area (Å²) in [7, 11) is 0. The maximum absolute atomic E-state index is 12.7. The van der Waals surface area contributed by atoms with Crippen LogP contribution in [0.4, 0.5) is 27.4 Å². The lowest BCUT2D eigenvalue weighted by Gasteiger charge is -2.38. The molecule has 0 spiro atoms. The van der Waals surface area contributed by atoms with Crippen LogP contribution >= 0.6 is 0 Å². The lowest BCUT2D eigenvalue weighted by Crippen LogP contribution is -2.51. The first-order valence-electron chi connectivity index (χ1n) is 18.0. The van der Waals surface area contributed by atoms with E-state index in [9.17, 15) is 9.59 Å². The highest BCUT2D eigenvalue weighted by atomic mass is 16.6. The number of piperidine rings is 2. The van der Waals surface area contributed by atoms with E-state index in [1.165, 1.54) is 45.2 Å². The van der Waals surface area contributed by atoms with E-state index in [4.69, 9.17) is 24.4 Å². The van der Waals surface area contributed by atoms with Crippen molar-refractivity contribution < 1.29 is 19.1 Å². The first-order chi connectivity index (χ1) is 22.3. The number of hydrogen-bond acceptors (Lipinski definition) is 11. The predicted octanol–water partition coefficient (Wildman–Crippen LogP) is 4.37. The fraction of sp³-hybridized carbons (Fsp3) is 0.853. The molecule has 0 bridgehead atoms. The van der Waals surface area contributed by atoms with E-state index in [2.05, 4.69) is 20.0 Å². The number of carbonyl (C=O) groups is 2. The van der Waals surface area contributed by atoms with Gasteiger partial charge in [-0.1, -0.05) is 19.3 Å². The second kappa shape index (κ2) is 15.4. The minimum absolute atomic E-state index is 0.282. The molecule has 1 aromatic heterocycles. The third kappa shape index (κ3) is 10.4. The Bertz CT molecular complexity index is 1110. The molecule has 5 heterocycles. The molecule has 4 aliphatic rings. The van der Waals surface area contributed by atoms with E-state index in [1.807, 2.05) is 41.5 Å². The number of aromatic nitrogens is 3. The number of nitrogens with zero attached hydrogens (tertiary/aromatic N) is 8. The number of amides is 2. The number of carbonyl (C=O) groups excluding carboxylic acids is 2. The van der Waals surface area contributed by atoms with Crippen molar-refractivity contribution in [3.05, 3.63) is 0 Å². The summed E-state index contributed by atoms with van der Waals surface area (Å²) in [6.07, 6.45) is 8.42. The van der Waals surface area contributed by atoms with Crippen molar-refractivity contribution in [3.63, 3.8) is 0 Å². The molecule has 0 atom stereocenters. The Labute approximate surface area is 281 Å². The number of ether oxygens (including phenoxy) is 2. The van der Waals surface area contributed by atoms with E-state index in [0.29, 0.717) is 64.3 Å². The Hall–Kier alpha value is -3.09. The quantitative estimate of drug-likeness (QED) is 0.450. The zero-order valence-corrected chi connectivity index (χ0v) is 29.8. The van der Waals surface area contributed by atoms with Crippen LogP contribution < -0.4 is 20.0 Å². The van der Waals surface area contributed by atoms with Crippen molar-refractivity contribution in [2.45, 2.75) is 97.7 Å². The molecular formula is C34H59N9O4. The molecule has 13 nitrogen and oxygen atoms in total. The van der Waals surface area contributed by atoms with Gasteiger partial charge >= 0.3 is 12.2 Å². The lowest BCUT2D eigenvalue weighted by molar-refractivity contribution is 0.0230. The largest absolute Gasteiger partial charge is 0.444 e. The van der Waals surface area contributed by atoms with Crippen LogP contribution in [0.5, 0.6) is 0 Å². The molecule has 47 heavy (non-hydrogen) atoms. The molecule has 13 heteroatoms. The Balaban J connectivity index is 1.23. The lowest BCUT2D eigenvalue weighted by atomic mass is 9.87. The van der Waals surface area contributed by atoms with Gasteiger partial charge in [-0.05, 0) is 92.2 Å². The SMILES string of the molecule is CC(C)(C)OC(=O)N1CCN(c2nc(N3CCC(CCCC4CCNCC4)CC3)nc(N3CCN(C(=O)OC(C)(C)C)CC3)n2)CC1. The molecule has 0 aliphatic carbocycles. The van der Waals surface area contributed by atoms with Crippen LogP contribution in [0, 0.1) is 11.8 Å². The topological polar surface area (TPSA) is 120 Å². The standard InChI is InChI=1S/C34H59N9O4/c1-33(2,3)46-31(44)42-22-18-40(19-23-42)29-36-28(39-16-12-27(13-17-39)9-7-8-26-10-14-35-15-11-26)37-30(38-29)41-20-24-43(25-21-41)32(45)47-34(4,5)6/h26-27,35H,7-25H2,1-6H3. The Morgan fingerprint density at radius 3 is 1.34 bits per heavy atom. The molecule has 4 fully saturated rings. The van der Waals surface area contributed by atoms with Crippen LogP contribution in [0.25, 0.3) is 0 Å². The van der Waals surface area contributed by atoms with Crippen molar-refractivity contribution >= 4 is 30.0 Å². The predicted molar refractivity (Wildman–Crippen MR) is 184 cm³/mol. The number of nitrogens with one attached hydrogen (secondary N) is 1. The maximum Gasteiger partial charge on any atom is 0.410 e. The molecule has 0 saturated carbocycles. The molecule has 1 N–H and O–H groups in total. The van der Waals surface area contributed by atoms with Crippen LogP contribution in [-0.2, 0) is 9.47 Å². The second-order valence-electron chi connectivity index (χ2n) is 15.7. The molecule has 0 unspecified atom stereocenters. The smallest absolute Gasteiger partial charge is 0.410 e. The van der Waals surface area contributed by atoms with Gasteiger partial charge in [-0.2, -0.15) is 15.0 Å². The third-order valence-corrected chi connectivity index (χ3v) is 9.61. The van der Waals surface area contributed by atoms with Gasteiger partial charge in [-0.15, -0.1) is 0 Å². The summed E-state index contributed by atoms with van der Waals surface area (Å²) >= 11 is 0. The molecule has 2 amide bonds. The summed E-state index contributed by atoms with van der Waals surface area (Å²) in [4.78, 5) is 50.5. The highest BCUT2D eigenvalue weighted by Gasteiger charge is 2.31. The minimum atomic E-state index is -0.527. The van der Waals surface area contributed by atoms with E-state index >= 15 is 0 Å². The van der Waals surface area contributed by atoms with E-state index in [1.54, 1.807) is 9.80 Å². The second-order valence-corrected chi connectivity index (χ2v) is 15.7. The van der Waals surface area contributed by atoms with Gasteiger partial charge in [0.05, 0.1) is 0 Å². The molecular weight excluding hydrogens is 598 g/mol. The zero-order chi connectivity index (χ0) is 33.6. The fourth-order valence-corrected chi connectivity index (χ4v) is 6.89. The Morgan fingerprint density at radius 2 is 0.957 bits per heavy atom. The summed E-state index contributed by atoms with van der Waals surface area (Å²) in [5.41, 5.74) is -1.05. The molecule has 1 aromatic rings. The van der Waals surface area contributed by atoms with E-state index in [0.717, 1.165) is 43.7 Å². The van der Waals surface area contributed by atoms with E-state index < -0.39 is 11.2 Å².